The highest BCUT2D eigenvalue weighted by atomic mass is 79.9. The third-order valence-corrected chi connectivity index (χ3v) is 4.19. The molecule has 0 spiro atoms. The van der Waals surface area contributed by atoms with Crippen molar-refractivity contribution in [2.75, 3.05) is 19.1 Å². The van der Waals surface area contributed by atoms with Crippen LogP contribution in [0.5, 0.6) is 11.6 Å². The van der Waals surface area contributed by atoms with E-state index in [1.807, 2.05) is 27.7 Å². The number of carbonyl (C=O) groups is 1. The standard InChI is InChI=1S/C15H13BrN2O4.2C2H6/c1-21-13-9-7-18(15(20)8(9)3-4-10(13)16)11-5-6-12(19)17-14(11)22-2;2*1-2/h3-6H,7H2,1-2H3,(H,17,19);2*1-2H3. The Morgan fingerprint density at radius 2 is 1.65 bits per heavy atom. The predicted molar refractivity (Wildman–Crippen MR) is 108 cm³/mol. The number of H-pyrrole nitrogens is 1. The maximum absolute atomic E-state index is 12.6. The highest BCUT2D eigenvalue weighted by Crippen LogP contribution is 2.39. The Bertz CT molecular complexity index is 818. The number of hydrogen-bond donors (Lipinski definition) is 1. The van der Waals surface area contributed by atoms with E-state index in [-0.39, 0.29) is 17.3 Å². The Hall–Kier alpha value is -2.28. The second-order valence-electron chi connectivity index (χ2n) is 4.74. The third-order valence-electron chi connectivity index (χ3n) is 3.57. The molecule has 0 aliphatic carbocycles. The molecule has 1 aliphatic rings. The maximum atomic E-state index is 12.6. The van der Waals surface area contributed by atoms with Crippen molar-refractivity contribution in [2.24, 2.45) is 0 Å². The van der Waals surface area contributed by atoms with Gasteiger partial charge in [-0.2, -0.15) is 0 Å². The van der Waals surface area contributed by atoms with Crippen molar-refractivity contribution in [2.45, 2.75) is 34.2 Å². The Labute approximate surface area is 162 Å². The van der Waals surface area contributed by atoms with Crippen molar-refractivity contribution >= 4 is 27.5 Å². The van der Waals surface area contributed by atoms with Crippen LogP contribution in [0.15, 0.2) is 33.5 Å². The van der Waals surface area contributed by atoms with Gasteiger partial charge in [-0.25, -0.2) is 0 Å². The lowest BCUT2D eigenvalue weighted by atomic mass is 10.1. The fourth-order valence-electron chi connectivity index (χ4n) is 2.56. The van der Waals surface area contributed by atoms with E-state index in [4.69, 9.17) is 9.47 Å². The minimum absolute atomic E-state index is 0.161. The number of rotatable bonds is 3. The molecule has 26 heavy (non-hydrogen) atoms. The molecule has 2 aromatic rings. The summed E-state index contributed by atoms with van der Waals surface area (Å²) < 4.78 is 11.3. The van der Waals surface area contributed by atoms with Crippen LogP contribution in [0, 0.1) is 0 Å². The number of amides is 1. The molecule has 1 amide bonds. The molecule has 0 unspecified atom stereocenters. The smallest absolute Gasteiger partial charge is 0.259 e. The van der Waals surface area contributed by atoms with Gasteiger partial charge in [-0.1, -0.05) is 27.7 Å². The van der Waals surface area contributed by atoms with Crippen LogP contribution in [0.4, 0.5) is 5.69 Å². The van der Waals surface area contributed by atoms with Gasteiger partial charge in [0.15, 0.2) is 0 Å². The van der Waals surface area contributed by atoms with Crippen LogP contribution in [0.2, 0.25) is 0 Å². The molecule has 142 valence electrons. The first-order valence-electron chi connectivity index (χ1n) is 8.51. The van der Waals surface area contributed by atoms with E-state index in [0.717, 1.165) is 10.0 Å². The maximum Gasteiger partial charge on any atom is 0.259 e. The number of anilines is 1. The molecule has 1 N–H and O–H groups in total. The number of ether oxygens (including phenoxy) is 2. The molecule has 0 fully saturated rings. The van der Waals surface area contributed by atoms with E-state index < -0.39 is 0 Å². The Balaban J connectivity index is 0.000000791. The summed E-state index contributed by atoms with van der Waals surface area (Å²) in [5, 5.41) is 0. The number of carbonyl (C=O) groups excluding carboxylic acids is 1. The number of nitrogens with one attached hydrogen (secondary N) is 1. The van der Waals surface area contributed by atoms with Crippen LogP contribution in [0.1, 0.15) is 43.6 Å². The van der Waals surface area contributed by atoms with Crippen molar-refractivity contribution in [3.8, 4) is 11.6 Å². The quantitative estimate of drug-likeness (QED) is 0.793. The van der Waals surface area contributed by atoms with E-state index in [1.54, 1.807) is 30.2 Å². The number of benzene rings is 1. The molecule has 0 atom stereocenters. The summed E-state index contributed by atoms with van der Waals surface area (Å²) >= 11 is 3.42. The van der Waals surface area contributed by atoms with Crippen LogP contribution in [0.3, 0.4) is 0 Å². The number of fused-ring (bicyclic) bond motifs is 1. The van der Waals surface area contributed by atoms with Gasteiger partial charge in [0.25, 0.3) is 11.5 Å². The topological polar surface area (TPSA) is 71.6 Å². The number of pyridine rings is 1. The van der Waals surface area contributed by atoms with Crippen molar-refractivity contribution in [3.05, 3.63) is 50.2 Å². The van der Waals surface area contributed by atoms with Gasteiger partial charge in [0, 0.05) is 17.2 Å². The number of hydrogen-bond acceptors (Lipinski definition) is 4. The van der Waals surface area contributed by atoms with E-state index in [0.29, 0.717) is 23.5 Å². The van der Waals surface area contributed by atoms with Gasteiger partial charge in [0.2, 0.25) is 5.88 Å². The zero-order valence-electron chi connectivity index (χ0n) is 16.0. The Morgan fingerprint density at radius 3 is 2.23 bits per heavy atom. The van der Waals surface area contributed by atoms with Gasteiger partial charge >= 0.3 is 0 Å². The molecule has 1 aromatic carbocycles. The molecule has 0 radical (unpaired) electrons. The minimum Gasteiger partial charge on any atom is -0.495 e. The highest BCUT2D eigenvalue weighted by Gasteiger charge is 2.33. The van der Waals surface area contributed by atoms with Crippen LogP contribution < -0.4 is 19.9 Å². The second kappa shape index (κ2) is 10.0. The molecule has 2 heterocycles. The summed E-state index contributed by atoms with van der Waals surface area (Å²) in [5.41, 5.74) is 1.61. The molecular formula is C19H25BrN2O4. The fourth-order valence-corrected chi connectivity index (χ4v) is 3.10. The summed E-state index contributed by atoms with van der Waals surface area (Å²) in [6.45, 7) is 8.35. The SMILES string of the molecule is CC.CC.COc1[nH]c(=O)ccc1N1Cc2c(ccc(Br)c2OC)C1=O. The zero-order chi connectivity index (χ0) is 19.9. The van der Waals surface area contributed by atoms with Crippen molar-refractivity contribution in [1.82, 2.24) is 4.98 Å². The average molecular weight is 425 g/mol. The third kappa shape index (κ3) is 4.09. The Morgan fingerprint density at radius 1 is 1.00 bits per heavy atom. The number of methoxy groups -OCH3 is 2. The van der Waals surface area contributed by atoms with Gasteiger partial charge in [0.1, 0.15) is 11.4 Å². The molecular weight excluding hydrogens is 400 g/mol. The van der Waals surface area contributed by atoms with Crippen LogP contribution in [0.25, 0.3) is 0 Å². The molecule has 0 saturated heterocycles. The first kappa shape index (κ1) is 21.8. The number of nitrogens with zero attached hydrogens (tertiary/aromatic N) is 1. The highest BCUT2D eigenvalue weighted by molar-refractivity contribution is 9.10. The van der Waals surface area contributed by atoms with Gasteiger partial charge in [-0.05, 0) is 34.1 Å². The molecule has 6 nitrogen and oxygen atoms in total. The fraction of sp³-hybridized carbons (Fsp3) is 0.368. The van der Waals surface area contributed by atoms with Gasteiger partial charge in [0.05, 0.1) is 25.2 Å². The first-order valence-corrected chi connectivity index (χ1v) is 9.30. The van der Waals surface area contributed by atoms with Gasteiger partial charge < -0.3 is 9.47 Å². The van der Waals surface area contributed by atoms with Crippen molar-refractivity contribution in [3.63, 3.8) is 0 Å². The normalized spacial score (nSPS) is 11.7. The van der Waals surface area contributed by atoms with Crippen LogP contribution in [-0.4, -0.2) is 25.1 Å². The second-order valence-corrected chi connectivity index (χ2v) is 5.59. The molecule has 1 aromatic heterocycles. The summed E-state index contributed by atoms with van der Waals surface area (Å²) in [6, 6.07) is 6.47. The first-order chi connectivity index (χ1) is 12.6. The lowest BCUT2D eigenvalue weighted by molar-refractivity contribution is 0.0995. The van der Waals surface area contributed by atoms with Gasteiger partial charge in [-0.15, -0.1) is 0 Å². The van der Waals surface area contributed by atoms with E-state index in [2.05, 4.69) is 20.9 Å². The van der Waals surface area contributed by atoms with Crippen LogP contribution in [-0.2, 0) is 6.54 Å². The van der Waals surface area contributed by atoms with E-state index in [9.17, 15) is 9.59 Å². The number of halogens is 1. The Kier molecular flexibility index (Phi) is 8.38. The lowest BCUT2D eigenvalue weighted by Crippen LogP contribution is -2.25. The monoisotopic (exact) mass is 424 g/mol. The zero-order valence-corrected chi connectivity index (χ0v) is 17.6. The van der Waals surface area contributed by atoms with Crippen molar-refractivity contribution in [1.29, 1.82) is 0 Å². The minimum atomic E-state index is -0.287. The molecule has 7 heteroatoms. The lowest BCUT2D eigenvalue weighted by Gasteiger charge is -2.18. The number of aromatic amines is 1. The average Bonchev–Trinajstić information content (AvgIpc) is 3.01. The molecule has 0 bridgehead atoms. The molecule has 0 saturated carbocycles. The summed E-state index contributed by atoms with van der Waals surface area (Å²) in [4.78, 5) is 28.2. The van der Waals surface area contributed by atoms with Gasteiger partial charge in [-0.3, -0.25) is 19.5 Å². The van der Waals surface area contributed by atoms with E-state index >= 15 is 0 Å². The predicted octanol–water partition coefficient (Wildman–Crippen LogP) is 4.37. The summed E-state index contributed by atoms with van der Waals surface area (Å²) in [6.07, 6.45) is 0. The molecule has 3 rings (SSSR count). The summed E-state index contributed by atoms with van der Waals surface area (Å²) in [5.74, 6) is 0.731. The molecule has 1 aliphatic heterocycles. The van der Waals surface area contributed by atoms with Crippen molar-refractivity contribution < 1.29 is 14.3 Å². The largest absolute Gasteiger partial charge is 0.495 e. The summed E-state index contributed by atoms with van der Waals surface area (Å²) in [7, 11) is 3.01. The number of aromatic nitrogens is 1. The van der Waals surface area contributed by atoms with E-state index in [1.165, 1.54) is 13.2 Å². The van der Waals surface area contributed by atoms with Crippen LogP contribution >= 0.6 is 15.9 Å².